The van der Waals surface area contributed by atoms with Crippen LogP contribution in [0.15, 0.2) is 54.1 Å². The summed E-state index contributed by atoms with van der Waals surface area (Å²) < 4.78 is 0. The molecule has 1 aromatic carbocycles. The predicted octanol–water partition coefficient (Wildman–Crippen LogP) is 3.37. The van der Waals surface area contributed by atoms with Crippen molar-refractivity contribution in [3.8, 4) is 0 Å². The van der Waals surface area contributed by atoms with Crippen LogP contribution < -0.4 is 0 Å². The number of carbonyl (C=O) groups is 1. The normalized spacial score (nSPS) is 11.7. The molecule has 15 heavy (non-hydrogen) atoms. The molecule has 0 spiro atoms. The molecule has 0 unspecified atom stereocenters. The zero-order valence-electron chi connectivity index (χ0n) is 8.51. The van der Waals surface area contributed by atoms with Crippen LogP contribution in [-0.2, 0) is 0 Å². The van der Waals surface area contributed by atoms with Crippen molar-refractivity contribution in [2.45, 2.75) is 6.92 Å². The highest BCUT2D eigenvalue weighted by molar-refractivity contribution is 7.79. The van der Waals surface area contributed by atoms with Crippen LogP contribution in [0.2, 0.25) is 0 Å². The van der Waals surface area contributed by atoms with Gasteiger partial charge >= 0.3 is 0 Å². The van der Waals surface area contributed by atoms with Crippen molar-refractivity contribution in [3.05, 3.63) is 59.7 Å². The monoisotopic (exact) mass is 216 g/mol. The first kappa shape index (κ1) is 11.5. The summed E-state index contributed by atoms with van der Waals surface area (Å²) in [7, 11) is 0. The van der Waals surface area contributed by atoms with Crippen LogP contribution in [0.25, 0.3) is 0 Å². The molecule has 1 rings (SSSR count). The maximum atomic E-state index is 11.9. The number of carbonyl (C=O) groups excluding carboxylic acids is 1. The molecule has 1 nitrogen and oxygen atoms in total. The van der Waals surface area contributed by atoms with E-state index in [9.17, 15) is 4.79 Å². The molecule has 0 bridgehead atoms. The predicted molar refractivity (Wildman–Crippen MR) is 67.3 cm³/mol. The summed E-state index contributed by atoms with van der Waals surface area (Å²) in [6, 6.07) is 9.12. The molecule has 0 saturated heterocycles. The summed E-state index contributed by atoms with van der Waals surface area (Å²) in [6.45, 7) is 1.89. The maximum Gasteiger partial charge on any atom is 0.193 e. The summed E-state index contributed by atoms with van der Waals surface area (Å²) in [4.78, 5) is 11.9. The van der Waals surface area contributed by atoms with Crippen molar-refractivity contribution in [2.75, 3.05) is 0 Å². The highest BCUT2D eigenvalue weighted by Crippen LogP contribution is 2.07. The van der Waals surface area contributed by atoms with Gasteiger partial charge in [-0.25, -0.2) is 0 Å². The molecule has 2 heteroatoms. The molecule has 0 saturated carbocycles. The molecular weight excluding hydrogens is 204 g/mol. The Labute approximate surface area is 95.1 Å². The van der Waals surface area contributed by atoms with Crippen LogP contribution in [-0.4, -0.2) is 11.2 Å². The van der Waals surface area contributed by atoms with Gasteiger partial charge < -0.3 is 0 Å². The average Bonchev–Trinajstić information content (AvgIpc) is 2.31. The topological polar surface area (TPSA) is 17.1 Å². The number of allylic oxidation sites excluding steroid dienone is 4. The Morgan fingerprint density at radius 3 is 2.47 bits per heavy atom. The fourth-order valence-electron chi connectivity index (χ4n) is 1.12. The smallest absolute Gasteiger partial charge is 0.193 e. The van der Waals surface area contributed by atoms with Crippen molar-refractivity contribution in [1.29, 1.82) is 0 Å². The van der Waals surface area contributed by atoms with Crippen LogP contribution >= 0.6 is 12.2 Å². The van der Waals surface area contributed by atoms with E-state index in [1.807, 2.05) is 31.2 Å². The van der Waals surface area contributed by atoms with Crippen molar-refractivity contribution in [2.24, 2.45) is 0 Å². The number of hydrogen-bond donors (Lipinski definition) is 0. The molecule has 76 valence electrons. The lowest BCUT2D eigenvalue weighted by molar-refractivity contribution is 0.104. The van der Waals surface area contributed by atoms with E-state index < -0.39 is 0 Å². The molecule has 0 aliphatic heterocycles. The largest absolute Gasteiger partial charge is 0.289 e. The molecule has 0 aliphatic rings. The third-order valence-corrected chi connectivity index (χ3v) is 2.15. The van der Waals surface area contributed by atoms with Crippen molar-refractivity contribution >= 4 is 23.4 Å². The minimum Gasteiger partial charge on any atom is -0.289 e. The average molecular weight is 216 g/mol. The summed E-state index contributed by atoms with van der Waals surface area (Å²) in [6.07, 6.45) is 5.39. The van der Waals surface area contributed by atoms with E-state index in [1.165, 1.54) is 5.37 Å². The van der Waals surface area contributed by atoms with Crippen molar-refractivity contribution in [3.63, 3.8) is 0 Å². The molecule has 1 aromatic rings. The Hall–Kier alpha value is -1.54. The van der Waals surface area contributed by atoms with Crippen molar-refractivity contribution < 1.29 is 4.79 Å². The third kappa shape index (κ3) is 3.26. The third-order valence-electron chi connectivity index (χ3n) is 1.89. The fraction of sp³-hybridized carbons (Fsp3) is 0.0769. The van der Waals surface area contributed by atoms with E-state index in [-0.39, 0.29) is 5.78 Å². The van der Waals surface area contributed by atoms with Crippen molar-refractivity contribution in [1.82, 2.24) is 0 Å². The number of thiocarbonyl (C=S) groups is 1. The van der Waals surface area contributed by atoms with Crippen LogP contribution in [0.3, 0.4) is 0 Å². The Bertz CT molecular complexity index is 402. The summed E-state index contributed by atoms with van der Waals surface area (Å²) >= 11 is 4.82. The first-order valence-electron chi connectivity index (χ1n) is 4.67. The molecule has 0 fully saturated rings. The lowest BCUT2D eigenvalue weighted by Gasteiger charge is -1.99. The second kappa shape index (κ2) is 6.04. The maximum absolute atomic E-state index is 11.9. The van der Waals surface area contributed by atoms with Gasteiger partial charge in [-0.05, 0) is 6.92 Å². The Balaban J connectivity index is 2.97. The Kier molecular flexibility index (Phi) is 4.64. The minimum atomic E-state index is -0.0382. The number of benzene rings is 1. The van der Waals surface area contributed by atoms with Gasteiger partial charge in [-0.1, -0.05) is 60.8 Å². The number of ketones is 1. The molecule has 0 amide bonds. The van der Waals surface area contributed by atoms with Crippen LogP contribution in [0.5, 0.6) is 0 Å². The molecule has 0 heterocycles. The lowest BCUT2D eigenvalue weighted by atomic mass is 10.0. The van der Waals surface area contributed by atoms with Gasteiger partial charge in [0.2, 0.25) is 0 Å². The summed E-state index contributed by atoms with van der Waals surface area (Å²) in [5.74, 6) is -0.0382. The van der Waals surface area contributed by atoms with Crippen LogP contribution in [0.4, 0.5) is 0 Å². The number of rotatable bonds is 4. The minimum absolute atomic E-state index is 0.0382. The van der Waals surface area contributed by atoms with Gasteiger partial charge in [0.05, 0.1) is 0 Å². The second-order valence-electron chi connectivity index (χ2n) is 2.96. The molecule has 0 aliphatic carbocycles. The number of hydrogen-bond acceptors (Lipinski definition) is 2. The molecule has 0 radical (unpaired) electrons. The van der Waals surface area contributed by atoms with E-state index >= 15 is 0 Å². The van der Waals surface area contributed by atoms with Gasteiger partial charge in [-0.2, -0.15) is 0 Å². The van der Waals surface area contributed by atoms with E-state index in [1.54, 1.807) is 24.3 Å². The van der Waals surface area contributed by atoms with Gasteiger partial charge in [0.1, 0.15) is 0 Å². The molecule has 0 atom stereocenters. The highest BCUT2D eigenvalue weighted by atomic mass is 32.1. The van der Waals surface area contributed by atoms with E-state index in [4.69, 9.17) is 12.2 Å². The van der Waals surface area contributed by atoms with Gasteiger partial charge in [0.25, 0.3) is 0 Å². The standard InChI is InChI=1S/C13H12OS/c1-2-3-7-12(10-15)13(14)11-8-5-4-6-9-11/h2-10H,1H3/b3-2-,12-7+. The van der Waals surface area contributed by atoms with Gasteiger partial charge in [-0.3, -0.25) is 4.79 Å². The highest BCUT2D eigenvalue weighted by Gasteiger charge is 2.07. The van der Waals surface area contributed by atoms with Crippen LogP contribution in [0.1, 0.15) is 17.3 Å². The lowest BCUT2D eigenvalue weighted by Crippen LogP contribution is -2.03. The Morgan fingerprint density at radius 2 is 1.93 bits per heavy atom. The summed E-state index contributed by atoms with van der Waals surface area (Å²) in [5, 5.41) is 1.41. The van der Waals surface area contributed by atoms with E-state index in [0.29, 0.717) is 11.1 Å². The van der Waals surface area contributed by atoms with Gasteiger partial charge in [0.15, 0.2) is 5.78 Å². The van der Waals surface area contributed by atoms with E-state index in [0.717, 1.165) is 0 Å². The van der Waals surface area contributed by atoms with Gasteiger partial charge in [0, 0.05) is 16.5 Å². The van der Waals surface area contributed by atoms with Gasteiger partial charge in [-0.15, -0.1) is 0 Å². The Morgan fingerprint density at radius 1 is 1.27 bits per heavy atom. The molecule has 0 N–H and O–H groups in total. The first-order valence-corrected chi connectivity index (χ1v) is 5.14. The number of Topliss-reactive ketones (excluding diaryl/α,β-unsaturated/α-hetero) is 1. The second-order valence-corrected chi connectivity index (χ2v) is 3.20. The SMILES string of the molecule is C/C=C\C=C(/C=S)C(=O)c1ccccc1. The summed E-state index contributed by atoms with van der Waals surface area (Å²) in [5.41, 5.74) is 1.20. The first-order chi connectivity index (χ1) is 7.29. The zero-order valence-corrected chi connectivity index (χ0v) is 9.33. The quantitative estimate of drug-likeness (QED) is 0.332. The van der Waals surface area contributed by atoms with E-state index in [2.05, 4.69) is 0 Å². The fourth-order valence-corrected chi connectivity index (χ4v) is 1.31. The zero-order chi connectivity index (χ0) is 11.1. The van der Waals surface area contributed by atoms with Crippen LogP contribution in [0, 0.1) is 0 Å². The molecule has 0 aromatic heterocycles. The molecular formula is C13H12OS.